The lowest BCUT2D eigenvalue weighted by atomic mass is 10.4. The second-order valence-corrected chi connectivity index (χ2v) is 14.8. The number of hydrogen-bond acceptors (Lipinski definition) is 14. The second-order valence-electron chi connectivity index (χ2n) is 10.2. The molecule has 2 atom stereocenters. The Morgan fingerprint density at radius 3 is 1.54 bits per heavy atom. The SMILES string of the molecule is CSc1nc(OC[C@H](CO)OCP(=O)(OC(C)C)OC(C)C)cc(OC[C@H](C)OCP(=O)(OC(C)C)OC(C)C)n1. The van der Waals surface area contributed by atoms with Crippen LogP contribution in [0.15, 0.2) is 11.2 Å². The summed E-state index contributed by atoms with van der Waals surface area (Å²) in [6.45, 7) is 15.4. The van der Waals surface area contributed by atoms with Gasteiger partial charge in [-0.25, -0.2) is 0 Å². The number of hydrogen-bond donors (Lipinski definition) is 1. The molecular formula is C25H48N2O11P2S. The van der Waals surface area contributed by atoms with Crippen LogP contribution in [0.4, 0.5) is 0 Å². The van der Waals surface area contributed by atoms with E-state index in [9.17, 15) is 14.2 Å². The third-order valence-corrected chi connectivity index (χ3v) is 8.85. The summed E-state index contributed by atoms with van der Waals surface area (Å²) in [7, 11) is -6.99. The van der Waals surface area contributed by atoms with Crippen LogP contribution < -0.4 is 9.47 Å². The van der Waals surface area contributed by atoms with Gasteiger partial charge in [-0.05, 0) is 68.6 Å². The van der Waals surface area contributed by atoms with Gasteiger partial charge >= 0.3 is 15.2 Å². The van der Waals surface area contributed by atoms with Gasteiger partial charge in [-0.1, -0.05) is 11.8 Å². The minimum Gasteiger partial charge on any atom is -0.475 e. The van der Waals surface area contributed by atoms with Gasteiger partial charge in [-0.2, -0.15) is 9.97 Å². The molecule has 16 heteroatoms. The third kappa shape index (κ3) is 16.6. The summed E-state index contributed by atoms with van der Waals surface area (Å²) in [5.74, 6) is 0.423. The summed E-state index contributed by atoms with van der Waals surface area (Å²) < 4.78 is 70.8. The first-order valence-electron chi connectivity index (χ1n) is 13.5. The molecule has 1 aromatic heterocycles. The topological polar surface area (TPSA) is 154 Å². The molecule has 0 spiro atoms. The molecule has 0 saturated carbocycles. The van der Waals surface area contributed by atoms with Crippen molar-refractivity contribution in [1.29, 1.82) is 0 Å². The van der Waals surface area contributed by atoms with E-state index >= 15 is 0 Å². The number of aromatic nitrogens is 2. The zero-order valence-corrected chi connectivity index (χ0v) is 28.4. The van der Waals surface area contributed by atoms with Crippen LogP contribution in [0.5, 0.6) is 11.8 Å². The van der Waals surface area contributed by atoms with Crippen molar-refractivity contribution in [2.75, 3.05) is 38.8 Å². The van der Waals surface area contributed by atoms with Crippen LogP contribution in [-0.4, -0.2) is 90.5 Å². The van der Waals surface area contributed by atoms with Crippen molar-refractivity contribution in [3.63, 3.8) is 0 Å². The molecule has 13 nitrogen and oxygen atoms in total. The second kappa shape index (κ2) is 18.8. The molecule has 0 aromatic carbocycles. The summed E-state index contributed by atoms with van der Waals surface area (Å²) in [5, 5.41) is 10.2. The Kier molecular flexibility index (Phi) is 17.5. The van der Waals surface area contributed by atoms with E-state index in [0.29, 0.717) is 5.16 Å². The van der Waals surface area contributed by atoms with Crippen LogP contribution in [0.1, 0.15) is 62.3 Å². The lowest BCUT2D eigenvalue weighted by Crippen LogP contribution is -2.27. The van der Waals surface area contributed by atoms with E-state index < -0.39 is 34.0 Å². The fourth-order valence-electron chi connectivity index (χ4n) is 3.08. The lowest BCUT2D eigenvalue weighted by molar-refractivity contribution is -0.00630. The Balaban J connectivity index is 2.77. The first kappa shape index (κ1) is 38.2. The first-order valence-corrected chi connectivity index (χ1v) is 18.2. The number of aliphatic hydroxyl groups is 1. The molecule has 0 aliphatic heterocycles. The number of rotatable bonds is 22. The molecule has 240 valence electrons. The van der Waals surface area contributed by atoms with E-state index in [-0.39, 0.29) is 62.1 Å². The molecule has 0 saturated heterocycles. The molecule has 0 amide bonds. The van der Waals surface area contributed by atoms with Crippen molar-refractivity contribution in [2.45, 2.75) is 104 Å². The van der Waals surface area contributed by atoms with Crippen molar-refractivity contribution in [3.05, 3.63) is 6.07 Å². The molecule has 0 radical (unpaired) electrons. The van der Waals surface area contributed by atoms with Gasteiger partial charge in [-0.3, -0.25) is 9.13 Å². The average Bonchev–Trinajstić information content (AvgIpc) is 2.84. The highest BCUT2D eigenvalue weighted by Gasteiger charge is 2.30. The van der Waals surface area contributed by atoms with Crippen LogP contribution in [0.2, 0.25) is 0 Å². The number of nitrogens with zero attached hydrogens (tertiary/aromatic N) is 2. The number of aliphatic hydroxyl groups excluding tert-OH is 1. The van der Waals surface area contributed by atoms with Crippen molar-refractivity contribution in [2.24, 2.45) is 0 Å². The molecule has 0 fully saturated rings. The van der Waals surface area contributed by atoms with E-state index in [0.717, 1.165) is 0 Å². The Morgan fingerprint density at radius 1 is 0.732 bits per heavy atom. The van der Waals surface area contributed by atoms with E-state index in [1.165, 1.54) is 17.8 Å². The quantitative estimate of drug-likeness (QED) is 0.0925. The van der Waals surface area contributed by atoms with E-state index in [1.807, 2.05) is 0 Å². The maximum Gasteiger partial charge on any atom is 0.356 e. The monoisotopic (exact) mass is 646 g/mol. The van der Waals surface area contributed by atoms with Crippen LogP contribution >= 0.6 is 27.0 Å². The molecular weight excluding hydrogens is 598 g/mol. The molecule has 0 aliphatic rings. The molecule has 1 rings (SSSR count). The zero-order valence-electron chi connectivity index (χ0n) is 25.8. The highest BCUT2D eigenvalue weighted by atomic mass is 32.2. The van der Waals surface area contributed by atoms with Crippen molar-refractivity contribution in [3.8, 4) is 11.8 Å². The minimum absolute atomic E-state index is 0.0926. The normalized spacial score (nSPS) is 14.3. The average molecular weight is 647 g/mol. The van der Waals surface area contributed by atoms with Gasteiger partial charge in [0.15, 0.2) is 5.16 Å². The fourth-order valence-corrected chi connectivity index (χ4v) is 7.18. The maximum atomic E-state index is 13.0. The molecule has 0 aliphatic carbocycles. The first-order chi connectivity index (χ1) is 19.1. The van der Waals surface area contributed by atoms with E-state index in [2.05, 4.69) is 9.97 Å². The Bertz CT molecular complexity index is 957. The summed E-state index contributed by atoms with van der Waals surface area (Å²) >= 11 is 1.29. The van der Waals surface area contributed by atoms with Gasteiger partial charge in [0.25, 0.3) is 0 Å². The summed E-state index contributed by atoms with van der Waals surface area (Å²) in [6, 6.07) is 1.49. The predicted molar refractivity (Wildman–Crippen MR) is 157 cm³/mol. The molecule has 0 unspecified atom stereocenters. The van der Waals surface area contributed by atoms with Crippen LogP contribution in [0.25, 0.3) is 0 Å². The Labute approximate surface area is 248 Å². The van der Waals surface area contributed by atoms with Crippen LogP contribution in [-0.2, 0) is 36.7 Å². The smallest absolute Gasteiger partial charge is 0.356 e. The predicted octanol–water partition coefficient (Wildman–Crippen LogP) is 5.74. The Hall–Kier alpha value is -0.790. The summed E-state index contributed by atoms with van der Waals surface area (Å²) in [5.41, 5.74) is 0. The van der Waals surface area contributed by atoms with Crippen LogP contribution in [0.3, 0.4) is 0 Å². The molecule has 41 heavy (non-hydrogen) atoms. The third-order valence-electron chi connectivity index (χ3n) is 4.40. The zero-order chi connectivity index (χ0) is 31.2. The molecule has 1 N–H and O–H groups in total. The van der Waals surface area contributed by atoms with Crippen molar-refractivity contribution in [1.82, 2.24) is 9.97 Å². The molecule has 1 heterocycles. The van der Waals surface area contributed by atoms with Crippen molar-refractivity contribution >= 4 is 27.0 Å². The van der Waals surface area contributed by atoms with Gasteiger partial charge in [0.2, 0.25) is 11.8 Å². The fraction of sp³-hybridized carbons (Fsp3) is 0.840. The van der Waals surface area contributed by atoms with Gasteiger partial charge in [-0.15, -0.1) is 0 Å². The Morgan fingerprint density at radius 2 is 1.15 bits per heavy atom. The number of ether oxygens (including phenoxy) is 4. The largest absolute Gasteiger partial charge is 0.475 e. The molecule has 0 bridgehead atoms. The minimum atomic E-state index is -3.55. The lowest BCUT2D eigenvalue weighted by Gasteiger charge is -2.24. The number of thioether (sulfide) groups is 1. The highest BCUT2D eigenvalue weighted by Crippen LogP contribution is 2.51. The highest BCUT2D eigenvalue weighted by molar-refractivity contribution is 7.98. The summed E-state index contributed by atoms with van der Waals surface area (Å²) in [4.78, 5) is 8.63. The maximum absolute atomic E-state index is 13.0. The van der Waals surface area contributed by atoms with Gasteiger partial charge in [0.1, 0.15) is 32.0 Å². The van der Waals surface area contributed by atoms with Gasteiger partial charge in [0.05, 0.1) is 43.2 Å². The van der Waals surface area contributed by atoms with E-state index in [4.69, 9.17) is 37.0 Å². The summed E-state index contributed by atoms with van der Waals surface area (Å²) in [6.07, 6.45) is -1.30. The standard InChI is InChI=1S/C25H48N2O11P2S/c1-17(2)35-39(29,36-18(3)4)15-33-21(9)13-31-23-11-24(27-25(26-23)41-10)32-14-22(12-28)34-16-40(30,37-19(5)6)38-20(7)8/h11,17-22,28H,12-16H2,1-10H3/t21-,22-/m0/s1. The van der Waals surface area contributed by atoms with Crippen LogP contribution in [0, 0.1) is 0 Å². The van der Waals surface area contributed by atoms with Gasteiger partial charge in [0, 0.05) is 0 Å². The molecule has 1 aromatic rings. The van der Waals surface area contributed by atoms with Crippen molar-refractivity contribution < 1.29 is 51.3 Å². The van der Waals surface area contributed by atoms with Gasteiger partial charge < -0.3 is 42.1 Å². The van der Waals surface area contributed by atoms with E-state index in [1.54, 1.807) is 68.6 Å².